The van der Waals surface area contributed by atoms with Gasteiger partial charge in [-0.05, 0) is 24.5 Å². The third-order valence-electron chi connectivity index (χ3n) is 5.19. The van der Waals surface area contributed by atoms with Gasteiger partial charge in [0.2, 0.25) is 17.7 Å². The molecule has 0 aliphatic heterocycles. The number of fused-ring (bicyclic) bond motifs is 1. The van der Waals surface area contributed by atoms with Crippen molar-refractivity contribution in [1.29, 1.82) is 0 Å². The Labute approximate surface area is 197 Å². The summed E-state index contributed by atoms with van der Waals surface area (Å²) in [4.78, 5) is 52.5. The highest BCUT2D eigenvalue weighted by atomic mass is 32.1. The van der Waals surface area contributed by atoms with E-state index in [0.717, 1.165) is 16.5 Å². The van der Waals surface area contributed by atoms with Gasteiger partial charge in [0, 0.05) is 29.3 Å². The Morgan fingerprint density at radius 1 is 1.00 bits per heavy atom. The maximum absolute atomic E-state index is 13.2. The van der Waals surface area contributed by atoms with Gasteiger partial charge in [0.15, 0.2) is 0 Å². The van der Waals surface area contributed by atoms with Crippen molar-refractivity contribution in [3.63, 3.8) is 0 Å². The number of nitrogens with one attached hydrogen (secondary N) is 4. The van der Waals surface area contributed by atoms with Gasteiger partial charge in [-0.25, -0.2) is 4.79 Å². The Morgan fingerprint density at radius 2 is 1.64 bits per heavy atom. The van der Waals surface area contributed by atoms with Crippen LogP contribution in [0.1, 0.15) is 26.3 Å². The molecule has 180 valence electrons. The Hall–Kier alpha value is -3.05. The smallest absolute Gasteiger partial charge is 0.327 e. The molecular formula is C22H31N5O5S. The van der Waals surface area contributed by atoms with Crippen LogP contribution in [0.4, 0.5) is 0 Å². The molecule has 4 atom stereocenters. The van der Waals surface area contributed by atoms with Crippen molar-refractivity contribution in [2.75, 3.05) is 5.75 Å². The monoisotopic (exact) mass is 477 g/mol. The van der Waals surface area contributed by atoms with Gasteiger partial charge in [-0.1, -0.05) is 32.0 Å². The van der Waals surface area contributed by atoms with Gasteiger partial charge < -0.3 is 31.8 Å². The molecule has 33 heavy (non-hydrogen) atoms. The van der Waals surface area contributed by atoms with Crippen LogP contribution in [0.3, 0.4) is 0 Å². The first-order valence-corrected chi connectivity index (χ1v) is 11.2. The number of carboxylic acids is 1. The van der Waals surface area contributed by atoms with E-state index in [1.54, 1.807) is 20.0 Å². The van der Waals surface area contributed by atoms with Crippen molar-refractivity contribution in [2.24, 2.45) is 11.7 Å². The summed E-state index contributed by atoms with van der Waals surface area (Å²) >= 11 is 3.94. The van der Waals surface area contributed by atoms with Crippen molar-refractivity contribution in [1.82, 2.24) is 20.9 Å². The van der Waals surface area contributed by atoms with Gasteiger partial charge >= 0.3 is 5.97 Å². The van der Waals surface area contributed by atoms with Gasteiger partial charge in [0.1, 0.15) is 18.1 Å². The van der Waals surface area contributed by atoms with Crippen LogP contribution in [0.2, 0.25) is 0 Å². The van der Waals surface area contributed by atoms with Crippen LogP contribution in [-0.2, 0) is 25.6 Å². The number of carbonyl (C=O) groups excluding carboxylic acids is 3. The van der Waals surface area contributed by atoms with Crippen LogP contribution in [0.25, 0.3) is 10.9 Å². The number of hydrogen-bond acceptors (Lipinski definition) is 6. The molecule has 0 radical (unpaired) electrons. The maximum atomic E-state index is 13.2. The van der Waals surface area contributed by atoms with Crippen LogP contribution in [-0.4, -0.2) is 63.7 Å². The Kier molecular flexibility index (Phi) is 9.30. The van der Waals surface area contributed by atoms with Crippen molar-refractivity contribution < 1.29 is 24.3 Å². The first-order valence-electron chi connectivity index (χ1n) is 10.6. The molecule has 4 unspecified atom stereocenters. The van der Waals surface area contributed by atoms with Gasteiger partial charge in [-0.3, -0.25) is 14.4 Å². The number of hydrogen-bond donors (Lipinski definition) is 7. The molecule has 1 aromatic carbocycles. The number of para-hydroxylation sites is 1. The van der Waals surface area contributed by atoms with Crippen molar-refractivity contribution in [3.8, 4) is 0 Å². The molecular weight excluding hydrogens is 446 g/mol. The zero-order valence-corrected chi connectivity index (χ0v) is 19.7. The minimum absolute atomic E-state index is 0.104. The molecule has 0 bridgehead atoms. The molecule has 7 N–H and O–H groups in total. The van der Waals surface area contributed by atoms with Gasteiger partial charge in [0.05, 0.1) is 6.04 Å². The molecule has 1 heterocycles. The molecule has 2 aromatic rings. The van der Waals surface area contributed by atoms with E-state index >= 15 is 0 Å². The molecule has 10 nitrogen and oxygen atoms in total. The lowest BCUT2D eigenvalue weighted by Crippen LogP contribution is -2.58. The Morgan fingerprint density at radius 3 is 2.21 bits per heavy atom. The van der Waals surface area contributed by atoms with E-state index in [4.69, 9.17) is 5.73 Å². The van der Waals surface area contributed by atoms with Crippen molar-refractivity contribution in [2.45, 2.75) is 51.4 Å². The topological polar surface area (TPSA) is 166 Å². The van der Waals surface area contributed by atoms with E-state index in [-0.39, 0.29) is 18.1 Å². The number of aromatic nitrogens is 1. The lowest BCUT2D eigenvalue weighted by Gasteiger charge is -2.26. The lowest BCUT2D eigenvalue weighted by atomic mass is 10.00. The molecule has 11 heteroatoms. The lowest BCUT2D eigenvalue weighted by molar-refractivity contribution is -0.142. The summed E-state index contributed by atoms with van der Waals surface area (Å²) in [6.45, 7) is 4.94. The number of nitrogens with two attached hydrogens (primary N) is 1. The first-order chi connectivity index (χ1) is 15.5. The second-order valence-electron chi connectivity index (χ2n) is 8.23. The number of rotatable bonds is 11. The number of aromatic amines is 1. The second kappa shape index (κ2) is 11.7. The van der Waals surface area contributed by atoms with E-state index in [1.807, 2.05) is 24.3 Å². The zero-order chi connectivity index (χ0) is 24.7. The summed E-state index contributed by atoms with van der Waals surface area (Å²) in [5.41, 5.74) is 7.36. The molecule has 2 rings (SSSR count). The van der Waals surface area contributed by atoms with Gasteiger partial charge in [-0.15, -0.1) is 0 Å². The average molecular weight is 478 g/mol. The van der Waals surface area contributed by atoms with E-state index < -0.39 is 47.9 Å². The molecule has 1 aromatic heterocycles. The summed E-state index contributed by atoms with van der Waals surface area (Å²) in [7, 11) is 0. The van der Waals surface area contributed by atoms with E-state index in [9.17, 15) is 24.3 Å². The minimum Gasteiger partial charge on any atom is -0.480 e. The number of carbonyl (C=O) groups is 4. The molecule has 0 saturated heterocycles. The van der Waals surface area contributed by atoms with Crippen LogP contribution in [0.15, 0.2) is 30.5 Å². The fourth-order valence-corrected chi connectivity index (χ4v) is 3.52. The summed E-state index contributed by atoms with van der Waals surface area (Å²) in [5, 5.41) is 17.8. The van der Waals surface area contributed by atoms with E-state index in [0.29, 0.717) is 0 Å². The number of thiol groups is 1. The van der Waals surface area contributed by atoms with Gasteiger partial charge in [0.25, 0.3) is 0 Å². The summed E-state index contributed by atoms with van der Waals surface area (Å²) in [5.74, 6) is -3.42. The van der Waals surface area contributed by atoms with Gasteiger partial charge in [-0.2, -0.15) is 12.6 Å². The zero-order valence-electron chi connectivity index (χ0n) is 18.8. The normalized spacial score (nSPS) is 14.8. The van der Waals surface area contributed by atoms with E-state index in [2.05, 4.69) is 33.6 Å². The highest BCUT2D eigenvalue weighted by molar-refractivity contribution is 7.80. The predicted octanol–water partition coefficient (Wildman–Crippen LogP) is 0.182. The van der Waals surface area contributed by atoms with E-state index in [1.165, 1.54) is 6.92 Å². The minimum atomic E-state index is -1.23. The molecule has 0 spiro atoms. The Bertz CT molecular complexity index is 1010. The SMILES string of the molecule is CC(N)C(=O)NC(Cc1c[nH]c2ccccc12)C(=O)NC(C(=O)NC(CS)C(=O)O)C(C)C. The largest absolute Gasteiger partial charge is 0.480 e. The second-order valence-corrected chi connectivity index (χ2v) is 8.59. The number of amides is 3. The molecule has 0 aliphatic rings. The molecule has 0 fully saturated rings. The predicted molar refractivity (Wildman–Crippen MR) is 128 cm³/mol. The highest BCUT2D eigenvalue weighted by Crippen LogP contribution is 2.19. The fraction of sp³-hybridized carbons (Fsp3) is 0.455. The summed E-state index contributed by atoms with van der Waals surface area (Å²) in [6, 6.07) is 3.50. The van der Waals surface area contributed by atoms with Crippen LogP contribution >= 0.6 is 12.6 Å². The standard InChI is InChI=1S/C22H31N5O5S/c1-11(2)18(21(30)26-17(10-33)22(31)32)27-20(29)16(25-19(28)12(3)23)8-13-9-24-15-7-5-4-6-14(13)15/h4-7,9,11-12,16-18,24,33H,8,10,23H2,1-3H3,(H,25,28)(H,26,30)(H,27,29)(H,31,32). The molecule has 3 amide bonds. The quantitative estimate of drug-likeness (QED) is 0.228. The first kappa shape index (κ1) is 26.2. The number of carboxylic acid groups (broad SMARTS) is 1. The fourth-order valence-electron chi connectivity index (χ4n) is 3.27. The van der Waals surface area contributed by atoms with Crippen molar-refractivity contribution in [3.05, 3.63) is 36.0 Å². The average Bonchev–Trinajstić information content (AvgIpc) is 3.17. The molecule has 0 saturated carbocycles. The Balaban J connectivity index is 2.25. The van der Waals surface area contributed by atoms with Crippen LogP contribution in [0, 0.1) is 5.92 Å². The summed E-state index contributed by atoms with van der Waals surface area (Å²) in [6.07, 6.45) is 1.93. The number of aliphatic carboxylic acids is 1. The third-order valence-corrected chi connectivity index (χ3v) is 5.55. The third kappa shape index (κ3) is 6.96. The van der Waals surface area contributed by atoms with Crippen molar-refractivity contribution >= 4 is 47.2 Å². The maximum Gasteiger partial charge on any atom is 0.327 e. The molecule has 0 aliphatic carbocycles. The highest BCUT2D eigenvalue weighted by Gasteiger charge is 2.31. The number of H-pyrrole nitrogens is 1. The summed E-state index contributed by atoms with van der Waals surface area (Å²) < 4.78 is 0. The van der Waals surface area contributed by atoms with Crippen LogP contribution < -0.4 is 21.7 Å². The van der Waals surface area contributed by atoms with Crippen LogP contribution in [0.5, 0.6) is 0 Å². The number of benzene rings is 1.